The van der Waals surface area contributed by atoms with Gasteiger partial charge >= 0.3 is 5.97 Å². The van der Waals surface area contributed by atoms with Gasteiger partial charge in [-0.2, -0.15) is 0 Å². The van der Waals surface area contributed by atoms with Crippen LogP contribution in [0.2, 0.25) is 0 Å². The number of carboxylic acid groups (broad SMARTS) is 1. The number of nitrogens with one attached hydrogen (secondary N) is 1. The second kappa shape index (κ2) is 6.84. The summed E-state index contributed by atoms with van der Waals surface area (Å²) in [4.78, 5) is 10.5. The molecule has 1 unspecified atom stereocenters. The van der Waals surface area contributed by atoms with E-state index < -0.39 is 12.1 Å². The predicted octanol–water partition coefficient (Wildman–Crippen LogP) is 1.26. The summed E-state index contributed by atoms with van der Waals surface area (Å²) in [5.41, 5.74) is 1.57. The van der Waals surface area contributed by atoms with Crippen LogP contribution in [-0.2, 0) is 4.79 Å². The third kappa shape index (κ3) is 4.33. The molecule has 0 aliphatic rings. The van der Waals surface area contributed by atoms with Gasteiger partial charge in [-0.3, -0.25) is 4.79 Å². The first-order valence-corrected chi connectivity index (χ1v) is 5.84. The molecule has 0 bridgehead atoms. The molecule has 0 saturated heterocycles. The molecular formula is C13H19NO5. The number of rotatable bonds is 7. The van der Waals surface area contributed by atoms with Crippen molar-refractivity contribution in [3.8, 4) is 11.5 Å². The number of methoxy groups -OCH3 is 2. The van der Waals surface area contributed by atoms with Gasteiger partial charge in [0.25, 0.3) is 0 Å². The van der Waals surface area contributed by atoms with Crippen LogP contribution in [0.5, 0.6) is 11.5 Å². The second-order valence-electron chi connectivity index (χ2n) is 4.15. The van der Waals surface area contributed by atoms with Crippen LogP contribution in [0.4, 0.5) is 5.69 Å². The molecule has 0 amide bonds. The molecular weight excluding hydrogens is 250 g/mol. The average molecular weight is 269 g/mol. The zero-order valence-electron chi connectivity index (χ0n) is 11.3. The van der Waals surface area contributed by atoms with E-state index in [0.717, 1.165) is 5.56 Å². The number of aliphatic hydroxyl groups is 1. The molecule has 1 rings (SSSR count). The molecule has 0 radical (unpaired) electrons. The van der Waals surface area contributed by atoms with E-state index in [-0.39, 0.29) is 13.0 Å². The van der Waals surface area contributed by atoms with Crippen molar-refractivity contribution in [1.82, 2.24) is 0 Å². The van der Waals surface area contributed by atoms with Gasteiger partial charge in [0.2, 0.25) is 0 Å². The van der Waals surface area contributed by atoms with Crippen LogP contribution < -0.4 is 14.8 Å². The molecule has 0 fully saturated rings. The maximum Gasteiger partial charge on any atom is 0.306 e. The molecule has 19 heavy (non-hydrogen) atoms. The first-order valence-electron chi connectivity index (χ1n) is 5.84. The van der Waals surface area contributed by atoms with Crippen molar-refractivity contribution in [3.63, 3.8) is 0 Å². The third-order valence-electron chi connectivity index (χ3n) is 2.66. The van der Waals surface area contributed by atoms with E-state index in [9.17, 15) is 9.90 Å². The van der Waals surface area contributed by atoms with E-state index in [1.165, 1.54) is 0 Å². The van der Waals surface area contributed by atoms with E-state index in [1.54, 1.807) is 20.3 Å². The number of anilines is 1. The average Bonchev–Trinajstić information content (AvgIpc) is 2.35. The summed E-state index contributed by atoms with van der Waals surface area (Å²) in [6.07, 6.45) is -1.27. The minimum atomic E-state index is -1.04. The van der Waals surface area contributed by atoms with E-state index in [0.29, 0.717) is 17.2 Å². The zero-order chi connectivity index (χ0) is 14.4. The van der Waals surface area contributed by atoms with Gasteiger partial charge in [0.15, 0.2) is 0 Å². The molecule has 1 aromatic rings. The Bertz CT molecular complexity index is 447. The normalized spacial score (nSPS) is 11.8. The lowest BCUT2D eigenvalue weighted by Crippen LogP contribution is -2.22. The van der Waals surface area contributed by atoms with Gasteiger partial charge in [-0.05, 0) is 18.6 Å². The van der Waals surface area contributed by atoms with Gasteiger partial charge in [0.05, 0.1) is 32.4 Å². The van der Waals surface area contributed by atoms with Crippen molar-refractivity contribution < 1.29 is 24.5 Å². The summed E-state index contributed by atoms with van der Waals surface area (Å²) in [5, 5.41) is 21.0. The molecule has 106 valence electrons. The molecule has 0 heterocycles. The highest BCUT2D eigenvalue weighted by Gasteiger charge is 2.12. The summed E-state index contributed by atoms with van der Waals surface area (Å²) in [7, 11) is 3.11. The Labute approximate surface area is 112 Å². The molecule has 1 atom stereocenters. The van der Waals surface area contributed by atoms with Crippen LogP contribution in [0.15, 0.2) is 12.1 Å². The Morgan fingerprint density at radius 3 is 2.47 bits per heavy atom. The van der Waals surface area contributed by atoms with E-state index in [1.807, 2.05) is 13.0 Å². The number of hydrogen-bond acceptors (Lipinski definition) is 5. The summed E-state index contributed by atoms with van der Waals surface area (Å²) in [6.45, 7) is 2.01. The number of aryl methyl sites for hydroxylation is 1. The number of benzene rings is 1. The molecule has 0 aliphatic carbocycles. The zero-order valence-corrected chi connectivity index (χ0v) is 11.3. The smallest absolute Gasteiger partial charge is 0.306 e. The maximum atomic E-state index is 10.5. The second-order valence-corrected chi connectivity index (χ2v) is 4.15. The van der Waals surface area contributed by atoms with Crippen molar-refractivity contribution in [2.45, 2.75) is 19.4 Å². The molecule has 3 N–H and O–H groups in total. The van der Waals surface area contributed by atoms with Crippen molar-refractivity contribution in [2.24, 2.45) is 0 Å². The first kappa shape index (κ1) is 15.1. The minimum absolute atomic E-state index is 0.120. The van der Waals surface area contributed by atoms with Gasteiger partial charge in [0, 0.05) is 12.6 Å². The quantitative estimate of drug-likeness (QED) is 0.690. The number of carbonyl (C=O) groups is 1. The Hall–Kier alpha value is -1.95. The van der Waals surface area contributed by atoms with Gasteiger partial charge in [-0.15, -0.1) is 0 Å². The lowest BCUT2D eigenvalue weighted by atomic mass is 10.1. The minimum Gasteiger partial charge on any atom is -0.496 e. The summed E-state index contributed by atoms with van der Waals surface area (Å²) >= 11 is 0. The van der Waals surface area contributed by atoms with Crippen LogP contribution >= 0.6 is 0 Å². The largest absolute Gasteiger partial charge is 0.496 e. The van der Waals surface area contributed by atoms with Gasteiger partial charge in [-0.25, -0.2) is 0 Å². The summed E-state index contributed by atoms with van der Waals surface area (Å²) < 4.78 is 10.4. The first-order chi connectivity index (χ1) is 8.97. The molecule has 0 spiro atoms. The Kier molecular flexibility index (Phi) is 5.44. The van der Waals surface area contributed by atoms with Crippen molar-refractivity contribution in [1.29, 1.82) is 0 Å². The Morgan fingerprint density at radius 1 is 1.32 bits per heavy atom. The third-order valence-corrected chi connectivity index (χ3v) is 2.66. The molecule has 0 aliphatic heterocycles. The summed E-state index contributed by atoms with van der Waals surface area (Å²) in [5.74, 6) is 0.264. The van der Waals surface area contributed by atoms with Crippen LogP contribution in [0.1, 0.15) is 12.0 Å². The van der Waals surface area contributed by atoms with Gasteiger partial charge in [0.1, 0.15) is 11.5 Å². The van der Waals surface area contributed by atoms with E-state index in [2.05, 4.69) is 5.32 Å². The topological polar surface area (TPSA) is 88.0 Å². The van der Waals surface area contributed by atoms with Crippen molar-refractivity contribution in [3.05, 3.63) is 17.7 Å². The predicted molar refractivity (Wildman–Crippen MR) is 71.0 cm³/mol. The highest BCUT2D eigenvalue weighted by molar-refractivity contribution is 5.67. The number of aliphatic carboxylic acids is 1. The monoisotopic (exact) mass is 269 g/mol. The Balaban J connectivity index is 2.79. The fraction of sp³-hybridized carbons (Fsp3) is 0.462. The fourth-order valence-corrected chi connectivity index (χ4v) is 1.69. The highest BCUT2D eigenvalue weighted by Crippen LogP contribution is 2.32. The Morgan fingerprint density at radius 2 is 1.95 bits per heavy atom. The van der Waals surface area contributed by atoms with Crippen molar-refractivity contribution in [2.75, 3.05) is 26.1 Å². The SMILES string of the molecule is COc1cc(NCC(O)CC(=O)O)c(OC)cc1C. The maximum absolute atomic E-state index is 10.5. The summed E-state index contributed by atoms with van der Waals surface area (Å²) in [6, 6.07) is 3.56. The van der Waals surface area contributed by atoms with Crippen LogP contribution in [0.25, 0.3) is 0 Å². The van der Waals surface area contributed by atoms with E-state index in [4.69, 9.17) is 14.6 Å². The van der Waals surface area contributed by atoms with E-state index >= 15 is 0 Å². The fourth-order valence-electron chi connectivity index (χ4n) is 1.69. The molecule has 0 saturated carbocycles. The van der Waals surface area contributed by atoms with Gasteiger partial charge in [-0.1, -0.05) is 0 Å². The lowest BCUT2D eigenvalue weighted by molar-refractivity contribution is -0.138. The molecule has 0 aromatic heterocycles. The molecule has 1 aromatic carbocycles. The molecule has 6 heteroatoms. The molecule has 6 nitrogen and oxygen atoms in total. The lowest BCUT2D eigenvalue weighted by Gasteiger charge is -2.16. The van der Waals surface area contributed by atoms with Crippen molar-refractivity contribution >= 4 is 11.7 Å². The van der Waals surface area contributed by atoms with Crippen LogP contribution in [0, 0.1) is 6.92 Å². The number of carboxylic acids is 1. The highest BCUT2D eigenvalue weighted by atomic mass is 16.5. The number of aliphatic hydroxyl groups excluding tert-OH is 1. The van der Waals surface area contributed by atoms with Crippen LogP contribution in [0.3, 0.4) is 0 Å². The standard InChI is InChI=1S/C13H19NO5/c1-8-4-12(19-3)10(6-11(8)18-2)14-7-9(15)5-13(16)17/h4,6,9,14-15H,5,7H2,1-3H3,(H,16,17). The number of ether oxygens (including phenoxy) is 2. The van der Waals surface area contributed by atoms with Gasteiger partial charge < -0.3 is 25.0 Å². The number of hydrogen-bond donors (Lipinski definition) is 3. The van der Waals surface area contributed by atoms with Crippen LogP contribution in [-0.4, -0.2) is 43.1 Å².